The predicted octanol–water partition coefficient (Wildman–Crippen LogP) is -0.124. The molecule has 0 rings (SSSR count). The van der Waals surface area contributed by atoms with E-state index in [1.165, 1.54) is 0 Å². The average Bonchev–Trinajstić information content (AvgIpc) is 2.83. The number of carbonyl (C=O) groups excluding carboxylic acids is 6. The lowest BCUT2D eigenvalue weighted by Gasteiger charge is -2.20. The van der Waals surface area contributed by atoms with E-state index in [2.05, 4.69) is 10.6 Å². The molecule has 0 aromatic carbocycles. The number of carbonyl (C=O) groups is 6. The van der Waals surface area contributed by atoms with Crippen LogP contribution in [0.3, 0.4) is 0 Å². The van der Waals surface area contributed by atoms with Crippen molar-refractivity contribution in [2.24, 2.45) is 5.73 Å². The Bertz CT molecular complexity index is 744. The molecule has 0 saturated heterocycles. The highest BCUT2D eigenvalue weighted by atomic mass is 16.5. The van der Waals surface area contributed by atoms with Crippen molar-refractivity contribution in [3.05, 3.63) is 0 Å². The van der Waals surface area contributed by atoms with Crippen LogP contribution >= 0.6 is 0 Å². The summed E-state index contributed by atoms with van der Waals surface area (Å²) in [5.41, 5.74) is 5.87. The van der Waals surface area contributed by atoms with E-state index in [0.717, 1.165) is 0 Å². The Morgan fingerprint density at radius 1 is 0.611 bits per heavy atom. The van der Waals surface area contributed by atoms with Gasteiger partial charge >= 0.3 is 23.9 Å². The number of ether oxygens (including phenoxy) is 4. The SMILES string of the molecule is CCOC(=O)CCC(NC(=O)CC[C@H](N)C(=O)NC(CCC(=O)OCC)C(=O)OCC)C(=O)OCC. The molecule has 4 N–H and O–H groups in total. The molecule has 0 aliphatic rings. The first-order valence-corrected chi connectivity index (χ1v) is 12.1. The van der Waals surface area contributed by atoms with Crippen LogP contribution in [0.1, 0.15) is 66.2 Å². The van der Waals surface area contributed by atoms with Gasteiger partial charge in [-0.25, -0.2) is 9.59 Å². The fraction of sp³-hybridized carbons (Fsp3) is 0.739. The number of amides is 2. The van der Waals surface area contributed by atoms with Crippen LogP contribution in [0.5, 0.6) is 0 Å². The second kappa shape index (κ2) is 19.0. The number of nitrogens with one attached hydrogen (secondary N) is 2. The Labute approximate surface area is 211 Å². The van der Waals surface area contributed by atoms with E-state index >= 15 is 0 Å². The van der Waals surface area contributed by atoms with Crippen LogP contribution in [-0.2, 0) is 47.7 Å². The third kappa shape index (κ3) is 14.2. The van der Waals surface area contributed by atoms with Crippen molar-refractivity contribution >= 4 is 35.7 Å². The van der Waals surface area contributed by atoms with Gasteiger partial charge in [-0.2, -0.15) is 0 Å². The Kier molecular flexibility index (Phi) is 17.3. The fourth-order valence-electron chi connectivity index (χ4n) is 2.94. The maximum atomic E-state index is 12.5. The lowest BCUT2D eigenvalue weighted by atomic mass is 10.1. The quantitative estimate of drug-likeness (QED) is 0.162. The Morgan fingerprint density at radius 3 is 1.44 bits per heavy atom. The van der Waals surface area contributed by atoms with Crippen molar-refractivity contribution < 1.29 is 47.7 Å². The number of rotatable bonds is 18. The maximum absolute atomic E-state index is 12.5. The predicted molar refractivity (Wildman–Crippen MR) is 126 cm³/mol. The van der Waals surface area contributed by atoms with Gasteiger partial charge in [-0.15, -0.1) is 0 Å². The first kappa shape index (κ1) is 32.8. The highest BCUT2D eigenvalue weighted by Crippen LogP contribution is 2.06. The van der Waals surface area contributed by atoms with E-state index in [0.29, 0.717) is 0 Å². The molecule has 0 bridgehead atoms. The van der Waals surface area contributed by atoms with Gasteiger partial charge in [0, 0.05) is 19.3 Å². The van der Waals surface area contributed by atoms with Crippen LogP contribution < -0.4 is 16.4 Å². The van der Waals surface area contributed by atoms with E-state index in [-0.39, 0.29) is 65.0 Å². The lowest BCUT2D eigenvalue weighted by molar-refractivity contribution is -0.149. The maximum Gasteiger partial charge on any atom is 0.328 e. The topological polar surface area (TPSA) is 189 Å². The van der Waals surface area contributed by atoms with Gasteiger partial charge in [0.1, 0.15) is 12.1 Å². The van der Waals surface area contributed by atoms with Crippen LogP contribution in [0.25, 0.3) is 0 Å². The average molecular weight is 518 g/mol. The van der Waals surface area contributed by atoms with Gasteiger partial charge in [-0.1, -0.05) is 0 Å². The largest absolute Gasteiger partial charge is 0.466 e. The second-order valence-corrected chi connectivity index (χ2v) is 7.52. The highest BCUT2D eigenvalue weighted by molar-refractivity contribution is 5.89. The van der Waals surface area contributed by atoms with Gasteiger partial charge in [-0.05, 0) is 47.0 Å². The third-order valence-electron chi connectivity index (χ3n) is 4.70. The lowest BCUT2D eigenvalue weighted by Crippen LogP contribution is -2.49. The molecule has 0 spiro atoms. The number of hydrogen-bond donors (Lipinski definition) is 3. The van der Waals surface area contributed by atoms with Crippen LogP contribution in [-0.4, -0.2) is 80.2 Å². The Balaban J connectivity index is 4.90. The Hall–Kier alpha value is -3.22. The monoisotopic (exact) mass is 517 g/mol. The van der Waals surface area contributed by atoms with Crippen LogP contribution in [0.15, 0.2) is 0 Å². The van der Waals surface area contributed by atoms with Crippen LogP contribution in [0, 0.1) is 0 Å². The summed E-state index contributed by atoms with van der Waals surface area (Å²) < 4.78 is 19.5. The molecule has 0 radical (unpaired) electrons. The number of esters is 4. The number of nitrogens with two attached hydrogens (primary N) is 1. The molecule has 36 heavy (non-hydrogen) atoms. The first-order valence-electron chi connectivity index (χ1n) is 12.1. The van der Waals surface area contributed by atoms with Gasteiger partial charge in [0.2, 0.25) is 11.8 Å². The van der Waals surface area contributed by atoms with Crippen molar-refractivity contribution in [1.82, 2.24) is 10.6 Å². The molecule has 0 aliphatic carbocycles. The van der Waals surface area contributed by atoms with E-state index in [1.54, 1.807) is 27.7 Å². The van der Waals surface area contributed by atoms with Crippen molar-refractivity contribution in [2.75, 3.05) is 26.4 Å². The summed E-state index contributed by atoms with van der Waals surface area (Å²) in [7, 11) is 0. The minimum Gasteiger partial charge on any atom is -0.466 e. The molecule has 0 aromatic heterocycles. The zero-order valence-corrected chi connectivity index (χ0v) is 21.5. The van der Waals surface area contributed by atoms with Crippen molar-refractivity contribution in [2.45, 2.75) is 84.3 Å². The first-order chi connectivity index (χ1) is 17.1. The molecular formula is C23H39N3O10. The molecule has 3 atom stereocenters. The molecule has 13 heteroatoms. The molecule has 0 heterocycles. The second-order valence-electron chi connectivity index (χ2n) is 7.52. The van der Waals surface area contributed by atoms with E-state index in [9.17, 15) is 28.8 Å². The smallest absolute Gasteiger partial charge is 0.328 e. The summed E-state index contributed by atoms with van der Waals surface area (Å²) in [4.78, 5) is 72.3. The van der Waals surface area contributed by atoms with Gasteiger partial charge in [0.25, 0.3) is 0 Å². The van der Waals surface area contributed by atoms with Crippen molar-refractivity contribution in [3.8, 4) is 0 Å². The zero-order valence-electron chi connectivity index (χ0n) is 21.5. The van der Waals surface area contributed by atoms with Gasteiger partial charge in [0.15, 0.2) is 0 Å². The Morgan fingerprint density at radius 2 is 1.03 bits per heavy atom. The van der Waals surface area contributed by atoms with Crippen molar-refractivity contribution in [1.29, 1.82) is 0 Å². The van der Waals surface area contributed by atoms with Gasteiger partial charge in [0.05, 0.1) is 32.5 Å². The van der Waals surface area contributed by atoms with Crippen LogP contribution in [0.4, 0.5) is 0 Å². The third-order valence-corrected chi connectivity index (χ3v) is 4.70. The van der Waals surface area contributed by atoms with E-state index in [4.69, 9.17) is 24.7 Å². The number of hydrogen-bond acceptors (Lipinski definition) is 11. The molecule has 13 nitrogen and oxygen atoms in total. The summed E-state index contributed by atoms with van der Waals surface area (Å²) >= 11 is 0. The zero-order chi connectivity index (χ0) is 27.5. The molecular weight excluding hydrogens is 478 g/mol. The molecule has 0 saturated carbocycles. The molecule has 0 aromatic rings. The summed E-state index contributed by atoms with van der Waals surface area (Å²) in [5.74, 6) is -3.76. The molecule has 0 fully saturated rings. The van der Waals surface area contributed by atoms with Gasteiger partial charge in [-0.3, -0.25) is 19.2 Å². The molecule has 2 unspecified atom stereocenters. The molecule has 2 amide bonds. The minimum absolute atomic E-state index is 0.0162. The van der Waals surface area contributed by atoms with E-state index < -0.39 is 53.8 Å². The minimum atomic E-state index is -1.16. The molecule has 206 valence electrons. The molecule has 0 aliphatic heterocycles. The summed E-state index contributed by atoms with van der Waals surface area (Å²) in [6.45, 7) is 7.04. The fourth-order valence-corrected chi connectivity index (χ4v) is 2.94. The van der Waals surface area contributed by atoms with E-state index in [1.807, 2.05) is 0 Å². The van der Waals surface area contributed by atoms with Crippen molar-refractivity contribution in [3.63, 3.8) is 0 Å². The summed E-state index contributed by atoms with van der Waals surface area (Å²) in [5, 5.41) is 4.92. The standard InChI is InChI=1S/C23H39N3O10/c1-5-33-19(28)13-10-16(22(31)35-7-3)25-18(27)12-9-15(24)21(30)26-17(23(32)36-8-4)11-14-20(29)34-6-2/h15-17H,5-14,24H2,1-4H3,(H,25,27)(H,26,30)/t15-,16?,17?/m0/s1. The normalized spacial score (nSPS) is 12.9. The van der Waals surface area contributed by atoms with Crippen LogP contribution in [0.2, 0.25) is 0 Å². The van der Waals surface area contributed by atoms with Gasteiger partial charge < -0.3 is 35.3 Å². The highest BCUT2D eigenvalue weighted by Gasteiger charge is 2.27. The summed E-state index contributed by atoms with van der Waals surface area (Å²) in [6, 6.07) is -3.34. The summed E-state index contributed by atoms with van der Waals surface area (Å²) in [6.07, 6.45) is -0.581.